The molecule has 0 saturated carbocycles. The number of phenolic OH excluding ortho intramolecular Hbond substituents is 1. The fraction of sp³-hybridized carbons (Fsp3) is 0.250. The van der Waals surface area contributed by atoms with Crippen LogP contribution < -0.4 is 9.47 Å². The standard InChI is InChI=1S/C16H13ClN2O5S/c1-22-13(21)5-9(14-15(17)18-16-19(14)2-3-25-16)8-4-11-12(6-10(8)20)24-7-23-11/h2-4,6,9,20H,5,7H2,1H3. The van der Waals surface area contributed by atoms with Crippen LogP contribution in [0, 0.1) is 0 Å². The first-order valence-corrected chi connectivity index (χ1v) is 8.64. The number of rotatable bonds is 4. The first kappa shape index (κ1) is 16.0. The quantitative estimate of drug-likeness (QED) is 0.700. The van der Waals surface area contributed by atoms with E-state index < -0.39 is 11.9 Å². The van der Waals surface area contributed by atoms with Crippen LogP contribution in [0.15, 0.2) is 23.7 Å². The second-order valence-corrected chi connectivity index (χ2v) is 6.67. The Bertz CT molecular complexity index is 967. The highest BCUT2D eigenvalue weighted by molar-refractivity contribution is 7.15. The molecule has 2 aromatic heterocycles. The summed E-state index contributed by atoms with van der Waals surface area (Å²) in [5.74, 6) is -0.0373. The number of halogens is 1. The number of benzene rings is 1. The van der Waals surface area contributed by atoms with Crippen molar-refractivity contribution >= 4 is 33.9 Å². The molecule has 1 aromatic carbocycles. The predicted molar refractivity (Wildman–Crippen MR) is 90.8 cm³/mol. The highest BCUT2D eigenvalue weighted by atomic mass is 35.5. The molecule has 0 aliphatic carbocycles. The van der Waals surface area contributed by atoms with Gasteiger partial charge in [0.1, 0.15) is 5.75 Å². The number of phenols is 1. The van der Waals surface area contributed by atoms with Crippen molar-refractivity contribution in [3.05, 3.63) is 40.1 Å². The number of thiazole rings is 1. The molecule has 9 heteroatoms. The fourth-order valence-corrected chi connectivity index (χ4v) is 3.99. The minimum Gasteiger partial charge on any atom is -0.508 e. The first-order chi connectivity index (χ1) is 12.1. The molecule has 1 N–H and O–H groups in total. The van der Waals surface area contributed by atoms with E-state index in [9.17, 15) is 9.90 Å². The Balaban J connectivity index is 1.89. The van der Waals surface area contributed by atoms with Crippen molar-refractivity contribution in [1.29, 1.82) is 0 Å². The van der Waals surface area contributed by atoms with E-state index in [0.717, 1.165) is 0 Å². The van der Waals surface area contributed by atoms with Crippen LogP contribution in [0.3, 0.4) is 0 Å². The Morgan fingerprint density at radius 1 is 1.48 bits per heavy atom. The van der Waals surface area contributed by atoms with E-state index in [1.807, 2.05) is 16.0 Å². The fourth-order valence-electron chi connectivity index (χ4n) is 2.92. The van der Waals surface area contributed by atoms with E-state index in [-0.39, 0.29) is 24.1 Å². The molecule has 4 rings (SSSR count). The number of fused-ring (bicyclic) bond motifs is 2. The maximum absolute atomic E-state index is 12.0. The summed E-state index contributed by atoms with van der Waals surface area (Å²) in [6.45, 7) is 0.0854. The lowest BCUT2D eigenvalue weighted by Gasteiger charge is -2.18. The number of hydrogen-bond donors (Lipinski definition) is 1. The van der Waals surface area contributed by atoms with E-state index in [1.54, 1.807) is 6.07 Å². The van der Waals surface area contributed by atoms with Crippen LogP contribution >= 0.6 is 22.9 Å². The Kier molecular flexibility index (Phi) is 3.93. The summed E-state index contributed by atoms with van der Waals surface area (Å²) in [6, 6.07) is 3.13. The molecule has 0 radical (unpaired) electrons. The van der Waals surface area contributed by atoms with Gasteiger partial charge in [0.15, 0.2) is 21.6 Å². The van der Waals surface area contributed by atoms with Gasteiger partial charge in [0.05, 0.1) is 19.2 Å². The topological polar surface area (TPSA) is 82.3 Å². The van der Waals surface area contributed by atoms with Crippen molar-refractivity contribution in [3.8, 4) is 17.2 Å². The van der Waals surface area contributed by atoms with Crippen molar-refractivity contribution in [1.82, 2.24) is 9.38 Å². The van der Waals surface area contributed by atoms with E-state index >= 15 is 0 Å². The molecule has 0 bridgehead atoms. The summed E-state index contributed by atoms with van der Waals surface area (Å²) in [7, 11) is 1.32. The monoisotopic (exact) mass is 380 g/mol. The molecule has 1 aliphatic heterocycles. The van der Waals surface area contributed by atoms with Gasteiger partial charge in [-0.1, -0.05) is 11.6 Å². The van der Waals surface area contributed by atoms with Gasteiger partial charge in [-0.05, 0) is 6.07 Å². The number of aromatic nitrogens is 2. The zero-order chi connectivity index (χ0) is 17.6. The number of imidazole rings is 1. The normalized spacial score (nSPS) is 14.0. The highest BCUT2D eigenvalue weighted by Gasteiger charge is 2.30. The molecular formula is C16H13ClN2O5S. The van der Waals surface area contributed by atoms with Gasteiger partial charge in [-0.15, -0.1) is 11.3 Å². The van der Waals surface area contributed by atoms with Crippen molar-refractivity contribution in [2.45, 2.75) is 12.3 Å². The summed E-state index contributed by atoms with van der Waals surface area (Å²) < 4.78 is 17.3. The number of nitrogens with zero attached hydrogens (tertiary/aromatic N) is 2. The minimum atomic E-state index is -0.556. The molecule has 0 fully saturated rings. The van der Waals surface area contributed by atoms with Crippen molar-refractivity contribution in [2.24, 2.45) is 0 Å². The number of ether oxygens (including phenoxy) is 3. The molecule has 0 saturated heterocycles. The third-order valence-electron chi connectivity index (χ3n) is 4.08. The first-order valence-electron chi connectivity index (χ1n) is 7.38. The van der Waals surface area contributed by atoms with Crippen LogP contribution in [0.4, 0.5) is 0 Å². The number of aromatic hydroxyl groups is 1. The van der Waals surface area contributed by atoms with E-state index in [0.29, 0.717) is 27.7 Å². The summed E-state index contributed by atoms with van der Waals surface area (Å²) >= 11 is 7.76. The van der Waals surface area contributed by atoms with Crippen LogP contribution in [0.1, 0.15) is 23.6 Å². The average molecular weight is 381 g/mol. The van der Waals surface area contributed by atoms with Crippen LogP contribution in [-0.4, -0.2) is 34.4 Å². The van der Waals surface area contributed by atoms with E-state index in [2.05, 4.69) is 4.98 Å². The van der Waals surface area contributed by atoms with Gasteiger partial charge in [0.2, 0.25) is 6.79 Å². The lowest BCUT2D eigenvalue weighted by atomic mass is 9.91. The summed E-state index contributed by atoms with van der Waals surface area (Å²) in [4.78, 5) is 17.0. The third kappa shape index (κ3) is 2.67. The molecule has 3 heterocycles. The van der Waals surface area contributed by atoms with Gasteiger partial charge < -0.3 is 19.3 Å². The SMILES string of the molecule is COC(=O)CC(c1cc2c(cc1O)OCO2)c1c(Cl)nc2sccn12. The minimum absolute atomic E-state index is 0.00688. The second kappa shape index (κ2) is 6.12. The van der Waals surface area contributed by atoms with Crippen LogP contribution in [0.25, 0.3) is 4.96 Å². The summed E-state index contributed by atoms with van der Waals surface area (Å²) in [5.41, 5.74) is 1.10. The largest absolute Gasteiger partial charge is 0.508 e. The molecule has 25 heavy (non-hydrogen) atoms. The summed E-state index contributed by atoms with van der Waals surface area (Å²) in [5, 5.41) is 12.6. The zero-order valence-electron chi connectivity index (χ0n) is 13.1. The van der Waals surface area contributed by atoms with E-state index in [4.69, 9.17) is 25.8 Å². The zero-order valence-corrected chi connectivity index (χ0v) is 14.6. The van der Waals surface area contributed by atoms with Crippen molar-refractivity contribution in [2.75, 3.05) is 13.9 Å². The average Bonchev–Trinajstić information content (AvgIpc) is 3.27. The third-order valence-corrected chi connectivity index (χ3v) is 5.11. The number of methoxy groups -OCH3 is 1. The Hall–Kier alpha value is -2.45. The lowest BCUT2D eigenvalue weighted by Crippen LogP contribution is -2.12. The Labute approximate surface area is 151 Å². The molecule has 0 amide bonds. The van der Waals surface area contributed by atoms with Crippen molar-refractivity contribution in [3.63, 3.8) is 0 Å². The number of hydrogen-bond acceptors (Lipinski definition) is 7. The molecular weight excluding hydrogens is 368 g/mol. The molecule has 1 aliphatic rings. The van der Waals surface area contributed by atoms with Crippen LogP contribution in [-0.2, 0) is 9.53 Å². The van der Waals surface area contributed by atoms with Gasteiger partial charge in [-0.25, -0.2) is 4.98 Å². The lowest BCUT2D eigenvalue weighted by molar-refractivity contribution is -0.140. The molecule has 7 nitrogen and oxygen atoms in total. The molecule has 0 spiro atoms. The molecule has 3 aromatic rings. The highest BCUT2D eigenvalue weighted by Crippen LogP contribution is 2.44. The van der Waals surface area contributed by atoms with Crippen molar-refractivity contribution < 1.29 is 24.1 Å². The predicted octanol–water partition coefficient (Wildman–Crippen LogP) is 3.18. The Morgan fingerprint density at radius 3 is 3.00 bits per heavy atom. The van der Waals surface area contributed by atoms with Gasteiger partial charge in [-0.2, -0.15) is 0 Å². The van der Waals surface area contributed by atoms with Crippen LogP contribution in [0.5, 0.6) is 17.2 Å². The molecule has 1 unspecified atom stereocenters. The molecule has 130 valence electrons. The number of esters is 1. The number of carbonyl (C=O) groups excluding carboxylic acids is 1. The van der Waals surface area contributed by atoms with Gasteiger partial charge in [0, 0.05) is 29.1 Å². The smallest absolute Gasteiger partial charge is 0.306 e. The van der Waals surface area contributed by atoms with Gasteiger partial charge in [-0.3, -0.25) is 9.20 Å². The summed E-state index contributed by atoms with van der Waals surface area (Å²) in [6.07, 6.45) is 1.82. The second-order valence-electron chi connectivity index (χ2n) is 5.44. The Morgan fingerprint density at radius 2 is 2.24 bits per heavy atom. The van der Waals surface area contributed by atoms with Gasteiger partial charge >= 0.3 is 5.97 Å². The van der Waals surface area contributed by atoms with Gasteiger partial charge in [0.25, 0.3) is 0 Å². The number of carbonyl (C=O) groups is 1. The maximum Gasteiger partial charge on any atom is 0.306 e. The van der Waals surface area contributed by atoms with E-state index in [1.165, 1.54) is 24.5 Å². The van der Waals surface area contributed by atoms with Crippen LogP contribution in [0.2, 0.25) is 5.15 Å². The maximum atomic E-state index is 12.0. The molecule has 1 atom stereocenters.